The Kier molecular flexibility index (Phi) is 4.23. The molecule has 4 nitrogen and oxygen atoms in total. The van der Waals surface area contributed by atoms with Gasteiger partial charge in [-0.25, -0.2) is 0 Å². The fraction of sp³-hybridized carbons (Fsp3) is 0.375. The number of likely N-dealkylation sites (tertiary alicyclic amines) is 1. The number of amides is 1. The van der Waals surface area contributed by atoms with Gasteiger partial charge in [-0.15, -0.1) is 0 Å². The van der Waals surface area contributed by atoms with Crippen LogP contribution in [0.5, 0.6) is 0 Å². The number of hydrogen-bond donors (Lipinski definition) is 1. The summed E-state index contributed by atoms with van der Waals surface area (Å²) in [5.41, 5.74) is 1.90. The molecular formula is C16H19NO3. The van der Waals surface area contributed by atoms with Crippen molar-refractivity contribution in [1.29, 1.82) is 0 Å². The van der Waals surface area contributed by atoms with Crippen molar-refractivity contribution in [2.24, 2.45) is 5.92 Å². The van der Waals surface area contributed by atoms with Crippen LogP contribution in [0, 0.1) is 5.92 Å². The second-order valence-corrected chi connectivity index (χ2v) is 5.43. The first-order valence-corrected chi connectivity index (χ1v) is 6.70. The average molecular weight is 273 g/mol. The largest absolute Gasteiger partial charge is 0.481 e. The fourth-order valence-electron chi connectivity index (χ4n) is 2.61. The van der Waals surface area contributed by atoms with Crippen LogP contribution in [0.15, 0.2) is 42.0 Å². The van der Waals surface area contributed by atoms with Crippen LogP contribution in [0.3, 0.4) is 0 Å². The molecule has 1 fully saturated rings. The van der Waals surface area contributed by atoms with Crippen LogP contribution < -0.4 is 0 Å². The molecule has 1 aliphatic rings. The molecule has 0 bridgehead atoms. The van der Waals surface area contributed by atoms with Crippen molar-refractivity contribution < 1.29 is 14.7 Å². The number of benzene rings is 1. The molecule has 1 N–H and O–H groups in total. The van der Waals surface area contributed by atoms with Gasteiger partial charge >= 0.3 is 5.97 Å². The van der Waals surface area contributed by atoms with Gasteiger partial charge in [0.15, 0.2) is 0 Å². The Balaban J connectivity index is 2.22. The standard InChI is InChI=1S/C16H19NO3/c1-11(2)8-15(18)17-9-13(14(10-17)16(19)20)12-6-4-3-5-7-12/h3-8,13-14H,9-10H2,1-2H3,(H,19,20)/t13-,14+/m0/s1. The van der Waals surface area contributed by atoms with E-state index in [0.717, 1.165) is 11.1 Å². The van der Waals surface area contributed by atoms with E-state index in [0.29, 0.717) is 6.54 Å². The zero-order valence-corrected chi connectivity index (χ0v) is 11.7. The number of hydrogen-bond acceptors (Lipinski definition) is 2. The molecule has 0 radical (unpaired) electrons. The maximum Gasteiger partial charge on any atom is 0.308 e. The van der Waals surface area contributed by atoms with Crippen molar-refractivity contribution >= 4 is 11.9 Å². The van der Waals surface area contributed by atoms with E-state index < -0.39 is 11.9 Å². The summed E-state index contributed by atoms with van der Waals surface area (Å²) < 4.78 is 0. The van der Waals surface area contributed by atoms with Gasteiger partial charge in [0, 0.05) is 25.1 Å². The first kappa shape index (κ1) is 14.3. The summed E-state index contributed by atoms with van der Waals surface area (Å²) in [5.74, 6) is -1.61. The zero-order chi connectivity index (χ0) is 14.7. The van der Waals surface area contributed by atoms with Crippen LogP contribution in [0.2, 0.25) is 0 Å². The Morgan fingerprint density at radius 2 is 1.85 bits per heavy atom. The number of carbonyl (C=O) groups is 2. The molecule has 2 atom stereocenters. The first-order valence-electron chi connectivity index (χ1n) is 6.70. The van der Waals surface area contributed by atoms with Crippen molar-refractivity contribution in [3.05, 3.63) is 47.5 Å². The lowest BCUT2D eigenvalue weighted by Gasteiger charge is -2.15. The molecule has 1 aromatic carbocycles. The molecule has 1 aromatic rings. The van der Waals surface area contributed by atoms with E-state index >= 15 is 0 Å². The molecule has 1 heterocycles. The summed E-state index contributed by atoms with van der Waals surface area (Å²) in [6, 6.07) is 9.55. The highest BCUT2D eigenvalue weighted by Gasteiger charge is 2.39. The van der Waals surface area contributed by atoms with E-state index in [9.17, 15) is 14.7 Å². The lowest BCUT2D eigenvalue weighted by molar-refractivity contribution is -0.141. The van der Waals surface area contributed by atoms with Gasteiger partial charge in [0.05, 0.1) is 5.92 Å². The van der Waals surface area contributed by atoms with E-state index in [1.807, 2.05) is 44.2 Å². The summed E-state index contributed by atoms with van der Waals surface area (Å²) in [5, 5.41) is 9.37. The molecule has 20 heavy (non-hydrogen) atoms. The number of nitrogens with zero attached hydrogens (tertiary/aromatic N) is 1. The highest BCUT2D eigenvalue weighted by molar-refractivity contribution is 5.89. The smallest absolute Gasteiger partial charge is 0.308 e. The van der Waals surface area contributed by atoms with Gasteiger partial charge in [0.25, 0.3) is 0 Å². The van der Waals surface area contributed by atoms with E-state index in [1.165, 1.54) is 0 Å². The summed E-state index contributed by atoms with van der Waals surface area (Å²) in [4.78, 5) is 25.1. The highest BCUT2D eigenvalue weighted by atomic mass is 16.4. The minimum absolute atomic E-state index is 0.102. The van der Waals surface area contributed by atoms with Crippen molar-refractivity contribution in [3.8, 4) is 0 Å². The first-order chi connectivity index (χ1) is 9.49. The monoisotopic (exact) mass is 273 g/mol. The van der Waals surface area contributed by atoms with Crippen molar-refractivity contribution in [2.75, 3.05) is 13.1 Å². The average Bonchev–Trinajstić information content (AvgIpc) is 2.84. The number of carboxylic acids is 1. The second kappa shape index (κ2) is 5.90. The predicted octanol–water partition coefficient (Wildman–Crippen LogP) is 2.28. The molecule has 0 aromatic heterocycles. The summed E-state index contributed by atoms with van der Waals surface area (Å²) in [6.07, 6.45) is 1.56. The van der Waals surface area contributed by atoms with Gasteiger partial charge in [0.2, 0.25) is 5.91 Å². The van der Waals surface area contributed by atoms with Crippen molar-refractivity contribution in [1.82, 2.24) is 4.90 Å². The SMILES string of the molecule is CC(C)=CC(=O)N1C[C@@H](C(=O)O)[C@H](c2ccccc2)C1. The van der Waals surface area contributed by atoms with Crippen LogP contribution >= 0.6 is 0 Å². The van der Waals surface area contributed by atoms with Crippen LogP contribution in [0.25, 0.3) is 0 Å². The van der Waals surface area contributed by atoms with E-state index in [2.05, 4.69) is 0 Å². The van der Waals surface area contributed by atoms with Crippen LogP contribution in [0.1, 0.15) is 25.3 Å². The lowest BCUT2D eigenvalue weighted by Crippen LogP contribution is -2.28. The highest BCUT2D eigenvalue weighted by Crippen LogP contribution is 2.33. The maximum atomic E-state index is 12.1. The van der Waals surface area contributed by atoms with Crippen molar-refractivity contribution in [3.63, 3.8) is 0 Å². The molecule has 0 saturated carbocycles. The van der Waals surface area contributed by atoms with Gasteiger partial charge in [-0.3, -0.25) is 9.59 Å². The maximum absolute atomic E-state index is 12.1. The van der Waals surface area contributed by atoms with Gasteiger partial charge < -0.3 is 10.0 Å². The predicted molar refractivity (Wildman–Crippen MR) is 76.3 cm³/mol. The third kappa shape index (κ3) is 3.07. The van der Waals surface area contributed by atoms with Crippen LogP contribution in [0.4, 0.5) is 0 Å². The topological polar surface area (TPSA) is 57.6 Å². The molecule has 106 valence electrons. The Morgan fingerprint density at radius 1 is 1.20 bits per heavy atom. The Labute approximate surface area is 118 Å². The zero-order valence-electron chi connectivity index (χ0n) is 11.7. The van der Waals surface area contributed by atoms with E-state index in [4.69, 9.17) is 0 Å². The summed E-state index contributed by atoms with van der Waals surface area (Å²) >= 11 is 0. The Bertz CT molecular complexity index is 532. The molecule has 0 spiro atoms. The third-order valence-corrected chi connectivity index (χ3v) is 3.59. The van der Waals surface area contributed by atoms with Crippen molar-refractivity contribution in [2.45, 2.75) is 19.8 Å². The van der Waals surface area contributed by atoms with E-state index in [-0.39, 0.29) is 18.4 Å². The Hall–Kier alpha value is -2.10. The molecule has 0 aliphatic carbocycles. The number of carbonyl (C=O) groups excluding carboxylic acids is 1. The number of carboxylic acid groups (broad SMARTS) is 1. The molecule has 1 saturated heterocycles. The normalized spacial score (nSPS) is 21.6. The quantitative estimate of drug-likeness (QED) is 0.860. The molecule has 2 rings (SSSR count). The lowest BCUT2D eigenvalue weighted by atomic mass is 9.89. The van der Waals surface area contributed by atoms with E-state index in [1.54, 1.807) is 11.0 Å². The fourth-order valence-corrected chi connectivity index (χ4v) is 2.61. The molecule has 0 unspecified atom stereocenters. The summed E-state index contributed by atoms with van der Waals surface area (Å²) in [6.45, 7) is 4.45. The summed E-state index contributed by atoms with van der Waals surface area (Å²) in [7, 11) is 0. The third-order valence-electron chi connectivity index (χ3n) is 3.59. The molecular weight excluding hydrogens is 254 g/mol. The number of aliphatic carboxylic acids is 1. The number of allylic oxidation sites excluding steroid dienone is 1. The van der Waals surface area contributed by atoms with Gasteiger partial charge in [-0.2, -0.15) is 0 Å². The number of rotatable bonds is 3. The Morgan fingerprint density at radius 3 is 2.40 bits per heavy atom. The minimum atomic E-state index is -0.841. The van der Waals surface area contributed by atoms with Gasteiger partial charge in [-0.05, 0) is 19.4 Å². The molecule has 1 aliphatic heterocycles. The minimum Gasteiger partial charge on any atom is -0.481 e. The van der Waals surface area contributed by atoms with Crippen LogP contribution in [-0.4, -0.2) is 35.0 Å². The van der Waals surface area contributed by atoms with Crippen LogP contribution in [-0.2, 0) is 9.59 Å². The van der Waals surface area contributed by atoms with Gasteiger partial charge in [0.1, 0.15) is 0 Å². The second-order valence-electron chi connectivity index (χ2n) is 5.43. The van der Waals surface area contributed by atoms with Gasteiger partial charge in [-0.1, -0.05) is 35.9 Å². The molecule has 1 amide bonds. The molecule has 4 heteroatoms.